The molecular formula is C12H12BrClFNO. The van der Waals surface area contributed by atoms with Gasteiger partial charge in [0.25, 0.3) is 5.91 Å². The van der Waals surface area contributed by atoms with Gasteiger partial charge in [-0.3, -0.25) is 4.79 Å². The molecule has 1 amide bonds. The van der Waals surface area contributed by atoms with Crippen LogP contribution in [0.2, 0.25) is 0 Å². The van der Waals surface area contributed by atoms with Crippen molar-refractivity contribution in [2.75, 3.05) is 5.88 Å². The van der Waals surface area contributed by atoms with Gasteiger partial charge in [-0.05, 0) is 47.3 Å². The van der Waals surface area contributed by atoms with Crippen molar-refractivity contribution in [2.24, 2.45) is 0 Å². The van der Waals surface area contributed by atoms with Gasteiger partial charge in [-0.2, -0.15) is 0 Å². The second-order valence-corrected chi connectivity index (χ2v) is 5.44. The highest BCUT2D eigenvalue weighted by Crippen LogP contribution is 2.33. The molecule has 0 aromatic heterocycles. The van der Waals surface area contributed by atoms with Gasteiger partial charge in [0.15, 0.2) is 0 Å². The number of carbonyl (C=O) groups is 1. The molecule has 0 atom stereocenters. The highest BCUT2D eigenvalue weighted by molar-refractivity contribution is 9.10. The third kappa shape index (κ3) is 2.47. The third-order valence-electron chi connectivity index (χ3n) is 3.13. The van der Waals surface area contributed by atoms with E-state index in [0.717, 1.165) is 19.3 Å². The van der Waals surface area contributed by atoms with Gasteiger partial charge >= 0.3 is 0 Å². The van der Waals surface area contributed by atoms with Crippen LogP contribution in [0.1, 0.15) is 29.6 Å². The van der Waals surface area contributed by atoms with Gasteiger partial charge < -0.3 is 5.32 Å². The number of carbonyl (C=O) groups excluding carboxylic acids is 1. The van der Waals surface area contributed by atoms with Crippen LogP contribution in [0.3, 0.4) is 0 Å². The van der Waals surface area contributed by atoms with Crippen molar-refractivity contribution in [2.45, 2.75) is 24.8 Å². The number of alkyl halides is 1. The Morgan fingerprint density at radius 1 is 1.53 bits per heavy atom. The van der Waals surface area contributed by atoms with Crippen molar-refractivity contribution >= 4 is 33.4 Å². The third-order valence-corrected chi connectivity index (χ3v) is 4.31. The number of halogens is 3. The summed E-state index contributed by atoms with van der Waals surface area (Å²) in [6, 6.07) is 4.47. The molecule has 1 aliphatic carbocycles. The lowest BCUT2D eigenvalue weighted by molar-refractivity contribution is 0.0849. The Balaban J connectivity index is 2.20. The monoisotopic (exact) mass is 319 g/mol. The number of amides is 1. The fourth-order valence-electron chi connectivity index (χ4n) is 1.91. The van der Waals surface area contributed by atoms with E-state index < -0.39 is 11.7 Å². The van der Waals surface area contributed by atoms with Crippen LogP contribution in [0, 0.1) is 5.82 Å². The van der Waals surface area contributed by atoms with Crippen LogP contribution in [0.5, 0.6) is 0 Å². The molecule has 0 saturated heterocycles. The first-order valence-corrected chi connectivity index (χ1v) is 6.73. The van der Waals surface area contributed by atoms with Gasteiger partial charge in [-0.1, -0.05) is 6.07 Å². The second kappa shape index (κ2) is 4.94. The van der Waals surface area contributed by atoms with E-state index in [2.05, 4.69) is 21.2 Å². The molecule has 0 aliphatic heterocycles. The van der Waals surface area contributed by atoms with Crippen LogP contribution < -0.4 is 5.32 Å². The van der Waals surface area contributed by atoms with Crippen LogP contribution in [0.25, 0.3) is 0 Å². The number of rotatable bonds is 3. The van der Waals surface area contributed by atoms with Gasteiger partial charge in [0.2, 0.25) is 0 Å². The van der Waals surface area contributed by atoms with Gasteiger partial charge in [0.1, 0.15) is 5.82 Å². The van der Waals surface area contributed by atoms with Gasteiger partial charge in [-0.15, -0.1) is 11.6 Å². The van der Waals surface area contributed by atoms with Gasteiger partial charge in [0, 0.05) is 10.4 Å². The van der Waals surface area contributed by atoms with Crippen LogP contribution in [-0.4, -0.2) is 17.3 Å². The lowest BCUT2D eigenvalue weighted by Gasteiger charge is -2.41. The summed E-state index contributed by atoms with van der Waals surface area (Å²) in [6.45, 7) is 0. The predicted molar refractivity (Wildman–Crippen MR) is 68.9 cm³/mol. The summed E-state index contributed by atoms with van der Waals surface area (Å²) in [5.74, 6) is -0.568. The topological polar surface area (TPSA) is 29.1 Å². The van der Waals surface area contributed by atoms with E-state index in [0.29, 0.717) is 10.4 Å². The molecule has 0 bridgehead atoms. The van der Waals surface area contributed by atoms with Crippen LogP contribution in [-0.2, 0) is 0 Å². The Labute approximate surface area is 113 Å². The van der Waals surface area contributed by atoms with Gasteiger partial charge in [-0.25, -0.2) is 4.39 Å². The Kier molecular flexibility index (Phi) is 3.73. The van der Waals surface area contributed by atoms with Crippen molar-refractivity contribution < 1.29 is 9.18 Å². The van der Waals surface area contributed by atoms with Crippen molar-refractivity contribution in [1.29, 1.82) is 0 Å². The minimum absolute atomic E-state index is 0.0453. The lowest BCUT2D eigenvalue weighted by atomic mass is 9.78. The highest BCUT2D eigenvalue weighted by atomic mass is 79.9. The molecule has 92 valence electrons. The minimum atomic E-state index is -0.527. The van der Waals surface area contributed by atoms with E-state index in [1.54, 1.807) is 12.1 Å². The SMILES string of the molecule is O=C(NC1(CCl)CCC1)c1c(F)cccc1Br. The highest BCUT2D eigenvalue weighted by Gasteiger charge is 2.38. The molecule has 17 heavy (non-hydrogen) atoms. The molecule has 0 spiro atoms. The Morgan fingerprint density at radius 3 is 2.71 bits per heavy atom. The van der Waals surface area contributed by atoms with Crippen LogP contribution in [0.4, 0.5) is 4.39 Å². The summed E-state index contributed by atoms with van der Waals surface area (Å²) in [6.07, 6.45) is 2.76. The zero-order valence-electron chi connectivity index (χ0n) is 9.10. The Bertz CT molecular complexity index is 422. The molecular weight excluding hydrogens is 308 g/mol. The maximum absolute atomic E-state index is 13.6. The molecule has 1 fully saturated rings. The summed E-state index contributed by atoms with van der Waals surface area (Å²) in [7, 11) is 0. The Hall–Kier alpha value is -0.610. The molecule has 2 nitrogen and oxygen atoms in total. The Morgan fingerprint density at radius 2 is 2.24 bits per heavy atom. The molecule has 1 aromatic carbocycles. The summed E-state index contributed by atoms with van der Waals surface area (Å²) in [4.78, 5) is 12.0. The fourth-order valence-corrected chi connectivity index (χ4v) is 2.77. The van der Waals surface area contributed by atoms with Crippen LogP contribution >= 0.6 is 27.5 Å². The quantitative estimate of drug-likeness (QED) is 0.849. The van der Waals surface area contributed by atoms with E-state index in [9.17, 15) is 9.18 Å². The average Bonchev–Trinajstić information content (AvgIpc) is 2.23. The van der Waals surface area contributed by atoms with Crippen molar-refractivity contribution in [3.05, 3.63) is 34.1 Å². The van der Waals surface area contributed by atoms with Crippen molar-refractivity contribution in [1.82, 2.24) is 5.32 Å². The molecule has 2 rings (SSSR count). The molecule has 0 heterocycles. The minimum Gasteiger partial charge on any atom is -0.345 e. The largest absolute Gasteiger partial charge is 0.345 e. The fraction of sp³-hybridized carbons (Fsp3) is 0.417. The lowest BCUT2D eigenvalue weighted by Crippen LogP contribution is -2.55. The number of benzene rings is 1. The van der Waals surface area contributed by atoms with Crippen molar-refractivity contribution in [3.8, 4) is 0 Å². The first-order valence-electron chi connectivity index (χ1n) is 5.40. The normalized spacial score (nSPS) is 17.4. The smallest absolute Gasteiger partial charge is 0.255 e. The molecule has 1 aromatic rings. The number of hydrogen-bond acceptors (Lipinski definition) is 1. The van der Waals surface area contributed by atoms with Gasteiger partial charge in [0.05, 0.1) is 11.1 Å². The standard InChI is InChI=1S/C12H12BrClFNO/c13-8-3-1-4-9(15)10(8)11(17)16-12(7-14)5-2-6-12/h1,3-4H,2,5-7H2,(H,16,17). The maximum atomic E-state index is 13.6. The first-order chi connectivity index (χ1) is 8.08. The van der Waals surface area contributed by atoms with E-state index in [1.807, 2.05) is 0 Å². The van der Waals surface area contributed by atoms with E-state index in [4.69, 9.17) is 11.6 Å². The summed E-state index contributed by atoms with van der Waals surface area (Å²) in [5.41, 5.74) is -0.302. The predicted octanol–water partition coefficient (Wildman–Crippen LogP) is 3.48. The van der Waals surface area contributed by atoms with Crippen molar-refractivity contribution in [3.63, 3.8) is 0 Å². The molecule has 5 heteroatoms. The average molecular weight is 321 g/mol. The molecule has 1 N–H and O–H groups in total. The zero-order valence-corrected chi connectivity index (χ0v) is 11.4. The number of hydrogen-bond donors (Lipinski definition) is 1. The molecule has 1 aliphatic rings. The van der Waals surface area contributed by atoms with Crippen LogP contribution in [0.15, 0.2) is 22.7 Å². The first kappa shape index (κ1) is 12.8. The second-order valence-electron chi connectivity index (χ2n) is 4.32. The summed E-state index contributed by atoms with van der Waals surface area (Å²) < 4.78 is 14.0. The number of nitrogens with one attached hydrogen (secondary N) is 1. The summed E-state index contributed by atoms with van der Waals surface area (Å²) >= 11 is 9.03. The molecule has 0 radical (unpaired) electrons. The molecule has 1 saturated carbocycles. The maximum Gasteiger partial charge on any atom is 0.255 e. The summed E-state index contributed by atoms with van der Waals surface area (Å²) in [5, 5.41) is 2.84. The van der Waals surface area contributed by atoms with E-state index >= 15 is 0 Å². The van der Waals surface area contributed by atoms with E-state index in [1.165, 1.54) is 6.07 Å². The molecule has 0 unspecified atom stereocenters. The zero-order chi connectivity index (χ0) is 12.5. The van der Waals surface area contributed by atoms with E-state index in [-0.39, 0.29) is 11.1 Å².